The van der Waals surface area contributed by atoms with Crippen molar-refractivity contribution in [1.29, 1.82) is 0 Å². The van der Waals surface area contributed by atoms with Crippen molar-refractivity contribution < 1.29 is 9.32 Å². The van der Waals surface area contributed by atoms with Gasteiger partial charge in [0, 0.05) is 6.07 Å². The van der Waals surface area contributed by atoms with E-state index < -0.39 is 0 Å². The summed E-state index contributed by atoms with van der Waals surface area (Å²) >= 11 is 0. The van der Waals surface area contributed by atoms with Gasteiger partial charge in [-0.1, -0.05) is 5.16 Å². The van der Waals surface area contributed by atoms with Crippen LogP contribution in [0.3, 0.4) is 0 Å². The lowest BCUT2D eigenvalue weighted by Crippen LogP contribution is -2.22. The van der Waals surface area contributed by atoms with E-state index in [0.29, 0.717) is 11.5 Å². The summed E-state index contributed by atoms with van der Waals surface area (Å²) in [5, 5.41) is 12.5. The summed E-state index contributed by atoms with van der Waals surface area (Å²) in [6, 6.07) is 1.57. The molecule has 2 rings (SSSR count). The van der Waals surface area contributed by atoms with Crippen molar-refractivity contribution in [3.05, 3.63) is 29.7 Å². The molecule has 2 aromatic heterocycles. The molecule has 0 aromatic carbocycles. The smallest absolute Gasteiger partial charge is 0.290 e. The minimum atomic E-state index is -0.327. The molecule has 2 heterocycles. The molecule has 0 aliphatic rings. The summed E-state index contributed by atoms with van der Waals surface area (Å²) in [4.78, 5) is 15.3. The Balaban J connectivity index is 1.93. The largest absolute Gasteiger partial charge is 0.351 e. The normalized spacial score (nSPS) is 10.2. The van der Waals surface area contributed by atoms with Gasteiger partial charge < -0.3 is 9.84 Å². The summed E-state index contributed by atoms with van der Waals surface area (Å²) in [7, 11) is 0. The molecule has 0 bridgehead atoms. The van der Waals surface area contributed by atoms with Crippen LogP contribution in [0.2, 0.25) is 0 Å². The van der Waals surface area contributed by atoms with Gasteiger partial charge in [0.1, 0.15) is 12.2 Å². The third kappa shape index (κ3) is 2.19. The number of aromatic amines is 1. The first-order valence-corrected chi connectivity index (χ1v) is 4.31. The number of nitrogens with zero attached hydrogens (tertiary/aromatic N) is 3. The average molecular weight is 207 g/mol. The third-order valence-corrected chi connectivity index (χ3v) is 1.73. The fourth-order valence-corrected chi connectivity index (χ4v) is 1.04. The lowest BCUT2D eigenvalue weighted by Gasteiger charge is -1.97. The molecule has 78 valence electrons. The van der Waals surface area contributed by atoms with E-state index in [1.165, 1.54) is 6.33 Å². The number of H-pyrrole nitrogens is 1. The Morgan fingerprint density at radius 1 is 1.67 bits per heavy atom. The summed E-state index contributed by atoms with van der Waals surface area (Å²) < 4.78 is 4.79. The SMILES string of the molecule is Cc1cc(C(=O)NCc2ncn[nH]2)on1. The first kappa shape index (κ1) is 9.38. The van der Waals surface area contributed by atoms with Crippen LogP contribution >= 0.6 is 0 Å². The Labute approximate surface area is 84.9 Å². The summed E-state index contributed by atoms with van der Waals surface area (Å²) in [5.41, 5.74) is 0.666. The van der Waals surface area contributed by atoms with Crippen LogP contribution < -0.4 is 5.32 Å². The molecule has 0 unspecified atom stereocenters. The summed E-state index contributed by atoms with van der Waals surface area (Å²) in [6.07, 6.45) is 1.38. The molecular formula is C8H9N5O2. The van der Waals surface area contributed by atoms with Crippen LogP contribution in [0.25, 0.3) is 0 Å². The van der Waals surface area contributed by atoms with Gasteiger partial charge in [-0.25, -0.2) is 4.98 Å². The predicted octanol–water partition coefficient (Wildman–Crippen LogP) is 0.0311. The highest BCUT2D eigenvalue weighted by atomic mass is 16.5. The maximum absolute atomic E-state index is 11.4. The van der Waals surface area contributed by atoms with Crippen LogP contribution in [-0.4, -0.2) is 26.2 Å². The molecule has 1 amide bonds. The van der Waals surface area contributed by atoms with Gasteiger partial charge in [0.25, 0.3) is 5.91 Å². The molecule has 0 saturated carbocycles. The predicted molar refractivity (Wildman–Crippen MR) is 48.8 cm³/mol. The molecule has 0 atom stereocenters. The van der Waals surface area contributed by atoms with Crippen LogP contribution in [0, 0.1) is 6.92 Å². The van der Waals surface area contributed by atoms with Crippen molar-refractivity contribution in [2.45, 2.75) is 13.5 Å². The highest BCUT2D eigenvalue weighted by molar-refractivity contribution is 5.91. The number of amides is 1. The Morgan fingerprint density at radius 3 is 3.13 bits per heavy atom. The Bertz CT molecular complexity index is 447. The number of hydrogen-bond donors (Lipinski definition) is 2. The van der Waals surface area contributed by atoms with Crippen molar-refractivity contribution in [1.82, 2.24) is 25.7 Å². The Hall–Kier alpha value is -2.18. The second kappa shape index (κ2) is 3.91. The summed E-state index contributed by atoms with van der Waals surface area (Å²) in [6.45, 7) is 2.02. The van der Waals surface area contributed by atoms with E-state index in [-0.39, 0.29) is 18.2 Å². The quantitative estimate of drug-likeness (QED) is 0.740. The van der Waals surface area contributed by atoms with Crippen molar-refractivity contribution in [3.63, 3.8) is 0 Å². The molecule has 2 N–H and O–H groups in total. The molecule has 15 heavy (non-hydrogen) atoms. The van der Waals surface area contributed by atoms with E-state index in [1.54, 1.807) is 13.0 Å². The zero-order chi connectivity index (χ0) is 10.7. The zero-order valence-corrected chi connectivity index (χ0v) is 8.02. The molecule has 0 fully saturated rings. The Kier molecular flexibility index (Phi) is 2.44. The first-order chi connectivity index (χ1) is 7.25. The van der Waals surface area contributed by atoms with Crippen LogP contribution in [0.5, 0.6) is 0 Å². The molecule has 7 nitrogen and oxygen atoms in total. The van der Waals surface area contributed by atoms with Crippen molar-refractivity contribution in [2.75, 3.05) is 0 Å². The van der Waals surface area contributed by atoms with Gasteiger partial charge in [-0.3, -0.25) is 9.89 Å². The maximum atomic E-state index is 11.4. The first-order valence-electron chi connectivity index (χ1n) is 4.31. The van der Waals surface area contributed by atoms with E-state index in [2.05, 4.69) is 25.7 Å². The fraction of sp³-hybridized carbons (Fsp3) is 0.250. The monoisotopic (exact) mass is 207 g/mol. The van der Waals surface area contributed by atoms with Gasteiger partial charge in [-0.05, 0) is 6.92 Å². The number of nitrogens with one attached hydrogen (secondary N) is 2. The van der Waals surface area contributed by atoms with Gasteiger partial charge in [0.2, 0.25) is 5.76 Å². The second-order valence-corrected chi connectivity index (χ2v) is 2.95. The minimum absolute atomic E-state index is 0.187. The number of carbonyl (C=O) groups is 1. The molecule has 2 aromatic rings. The molecule has 0 spiro atoms. The fourth-order valence-electron chi connectivity index (χ4n) is 1.04. The zero-order valence-electron chi connectivity index (χ0n) is 8.02. The number of aromatic nitrogens is 4. The molecule has 0 aliphatic carbocycles. The lowest BCUT2D eigenvalue weighted by atomic mass is 10.3. The van der Waals surface area contributed by atoms with Crippen LogP contribution in [0.4, 0.5) is 0 Å². The minimum Gasteiger partial charge on any atom is -0.351 e. The molecule has 0 radical (unpaired) electrons. The lowest BCUT2D eigenvalue weighted by molar-refractivity contribution is 0.0913. The van der Waals surface area contributed by atoms with Crippen molar-refractivity contribution in [3.8, 4) is 0 Å². The van der Waals surface area contributed by atoms with E-state index in [4.69, 9.17) is 4.52 Å². The van der Waals surface area contributed by atoms with Crippen molar-refractivity contribution in [2.24, 2.45) is 0 Å². The highest BCUT2D eigenvalue weighted by Gasteiger charge is 2.11. The van der Waals surface area contributed by atoms with Crippen LogP contribution in [0.1, 0.15) is 22.1 Å². The van der Waals surface area contributed by atoms with Crippen molar-refractivity contribution >= 4 is 5.91 Å². The highest BCUT2D eigenvalue weighted by Crippen LogP contribution is 2.01. The Morgan fingerprint density at radius 2 is 2.53 bits per heavy atom. The number of rotatable bonds is 3. The van der Waals surface area contributed by atoms with Gasteiger partial charge in [0.15, 0.2) is 0 Å². The maximum Gasteiger partial charge on any atom is 0.290 e. The third-order valence-electron chi connectivity index (χ3n) is 1.73. The van der Waals surface area contributed by atoms with Crippen LogP contribution in [-0.2, 0) is 6.54 Å². The van der Waals surface area contributed by atoms with Crippen LogP contribution in [0.15, 0.2) is 16.9 Å². The molecule has 0 aliphatic heterocycles. The topological polar surface area (TPSA) is 96.7 Å². The number of aryl methyl sites for hydroxylation is 1. The average Bonchev–Trinajstić information content (AvgIpc) is 2.84. The van der Waals surface area contributed by atoms with E-state index in [0.717, 1.165) is 0 Å². The van der Waals surface area contributed by atoms with Gasteiger partial charge >= 0.3 is 0 Å². The number of hydrogen-bond acceptors (Lipinski definition) is 5. The molecular weight excluding hydrogens is 198 g/mol. The van der Waals surface area contributed by atoms with E-state index >= 15 is 0 Å². The van der Waals surface area contributed by atoms with Gasteiger partial charge in [0.05, 0.1) is 12.2 Å². The molecule has 0 saturated heterocycles. The second-order valence-electron chi connectivity index (χ2n) is 2.95. The van der Waals surface area contributed by atoms with Gasteiger partial charge in [-0.2, -0.15) is 5.10 Å². The standard InChI is InChI=1S/C8H9N5O2/c1-5-2-6(15-13-5)8(14)9-3-7-10-4-11-12-7/h2,4H,3H2,1H3,(H,9,14)(H,10,11,12). The van der Waals surface area contributed by atoms with E-state index in [1.807, 2.05) is 0 Å². The van der Waals surface area contributed by atoms with Gasteiger partial charge in [-0.15, -0.1) is 0 Å². The summed E-state index contributed by atoms with van der Waals surface area (Å²) in [5.74, 6) is 0.443. The number of carbonyl (C=O) groups excluding carboxylic acids is 1. The van der Waals surface area contributed by atoms with E-state index in [9.17, 15) is 4.79 Å². The molecule has 7 heteroatoms.